The molecule has 2 aliphatic rings. The highest BCUT2D eigenvalue weighted by Crippen LogP contribution is 2.36. The number of carbonyl (C=O) groups is 3. The Morgan fingerprint density at radius 3 is 2.50 bits per heavy atom. The van der Waals surface area contributed by atoms with Crippen molar-refractivity contribution in [3.05, 3.63) is 65.2 Å². The van der Waals surface area contributed by atoms with Gasteiger partial charge >= 0.3 is 6.09 Å². The summed E-state index contributed by atoms with van der Waals surface area (Å²) in [5.41, 5.74) is 2.36. The number of nitrogens with zero attached hydrogens (tertiary/aromatic N) is 1. The number of alkyl carbamates (subject to hydrolysis) is 1. The average molecular weight is 493 g/mol. The molecule has 1 aliphatic carbocycles. The summed E-state index contributed by atoms with van der Waals surface area (Å²) in [5.74, 6) is -0.0345. The molecule has 2 aromatic rings. The average Bonchev–Trinajstić information content (AvgIpc) is 3.32. The first-order valence-corrected chi connectivity index (χ1v) is 12.8. The molecule has 0 unspecified atom stereocenters. The number of likely N-dealkylation sites (tertiary alicyclic amines) is 1. The number of hydrogen-bond donors (Lipinski definition) is 2. The molecular formula is C29H36N2O5. The monoisotopic (exact) mass is 492 g/mol. The molecule has 2 N–H and O–H groups in total. The number of nitrogens with one attached hydrogen (secondary N) is 1. The molecule has 4 rings (SSSR count). The molecule has 2 aromatic carbocycles. The molecule has 0 aromatic heterocycles. The molecule has 2 amide bonds. The third-order valence-corrected chi connectivity index (χ3v) is 6.98. The lowest BCUT2D eigenvalue weighted by atomic mass is 9.79. The Morgan fingerprint density at radius 2 is 1.78 bits per heavy atom. The topological polar surface area (TPSA) is 95.9 Å². The Kier molecular flexibility index (Phi) is 7.67. The van der Waals surface area contributed by atoms with Crippen molar-refractivity contribution in [2.45, 2.75) is 82.9 Å². The molecule has 36 heavy (non-hydrogen) atoms. The van der Waals surface area contributed by atoms with Crippen molar-refractivity contribution in [1.82, 2.24) is 10.2 Å². The van der Waals surface area contributed by atoms with Crippen LogP contribution >= 0.6 is 0 Å². The van der Waals surface area contributed by atoms with E-state index in [2.05, 4.69) is 17.4 Å². The number of amides is 2. The van der Waals surface area contributed by atoms with Crippen LogP contribution < -0.4 is 5.32 Å². The van der Waals surface area contributed by atoms with Crippen molar-refractivity contribution in [1.29, 1.82) is 0 Å². The van der Waals surface area contributed by atoms with Gasteiger partial charge in [-0.15, -0.1) is 0 Å². The van der Waals surface area contributed by atoms with Gasteiger partial charge < -0.3 is 20.1 Å². The van der Waals surface area contributed by atoms with Gasteiger partial charge in [-0.3, -0.25) is 9.59 Å². The van der Waals surface area contributed by atoms with E-state index in [4.69, 9.17) is 4.74 Å². The lowest BCUT2D eigenvalue weighted by molar-refractivity contribution is -0.139. The van der Waals surface area contributed by atoms with Crippen LogP contribution in [-0.4, -0.2) is 46.0 Å². The SMILES string of the molecule is CC(C)(C)OC(=O)N[C@H](C(=O)N1CCC[C@H]1C(=O)C[C@@H]1CCCc2ccccc21)c1ccc(O)cc1. The van der Waals surface area contributed by atoms with E-state index in [1.807, 2.05) is 12.1 Å². The quantitative estimate of drug-likeness (QED) is 0.590. The summed E-state index contributed by atoms with van der Waals surface area (Å²) in [6, 6.07) is 12.9. The van der Waals surface area contributed by atoms with E-state index in [1.165, 1.54) is 23.3 Å². The van der Waals surface area contributed by atoms with Gasteiger partial charge in [0.2, 0.25) is 0 Å². The zero-order chi connectivity index (χ0) is 25.9. The van der Waals surface area contributed by atoms with Crippen molar-refractivity contribution >= 4 is 17.8 Å². The Labute approximate surface area is 212 Å². The van der Waals surface area contributed by atoms with E-state index in [1.54, 1.807) is 37.8 Å². The Bertz CT molecular complexity index is 1110. The minimum atomic E-state index is -1.02. The number of carbonyl (C=O) groups excluding carboxylic acids is 3. The van der Waals surface area contributed by atoms with Gasteiger partial charge in [0, 0.05) is 13.0 Å². The highest BCUT2D eigenvalue weighted by molar-refractivity contribution is 5.93. The summed E-state index contributed by atoms with van der Waals surface area (Å²) in [4.78, 5) is 41.5. The standard InChI is InChI=1S/C29H36N2O5/c1-29(2,3)36-28(35)30-26(20-13-15-22(32)16-14-20)27(34)31-17-7-12-24(31)25(33)18-21-10-6-9-19-8-4-5-11-23(19)21/h4-5,8,11,13-16,21,24,26,32H,6-7,9-10,12,17-18H2,1-3H3,(H,30,35)/t21-,24-,26-/m0/s1. The first kappa shape index (κ1) is 25.7. The zero-order valence-corrected chi connectivity index (χ0v) is 21.3. The number of aryl methyl sites for hydroxylation is 1. The summed E-state index contributed by atoms with van der Waals surface area (Å²) >= 11 is 0. The van der Waals surface area contributed by atoms with Crippen molar-refractivity contribution < 1.29 is 24.2 Å². The second-order valence-corrected chi connectivity index (χ2v) is 10.8. The molecule has 0 radical (unpaired) electrons. The van der Waals surface area contributed by atoms with Gasteiger partial charge in [0.15, 0.2) is 5.78 Å². The van der Waals surface area contributed by atoms with Crippen LogP contribution in [0.4, 0.5) is 4.79 Å². The lowest BCUT2D eigenvalue weighted by Gasteiger charge is -2.31. The number of benzene rings is 2. The van der Waals surface area contributed by atoms with Crippen LogP contribution in [0.25, 0.3) is 0 Å². The number of Topliss-reactive ketones (excluding diaryl/α,β-unsaturated/α-hetero) is 1. The number of fused-ring (bicyclic) bond motifs is 1. The van der Waals surface area contributed by atoms with Gasteiger partial charge in [0.1, 0.15) is 17.4 Å². The summed E-state index contributed by atoms with van der Waals surface area (Å²) in [6.45, 7) is 5.72. The molecule has 1 saturated heterocycles. The maximum Gasteiger partial charge on any atom is 0.408 e. The molecule has 3 atom stereocenters. The summed E-state index contributed by atoms with van der Waals surface area (Å²) in [6.07, 6.45) is 4.13. The first-order chi connectivity index (χ1) is 17.1. The van der Waals surface area contributed by atoms with Crippen molar-refractivity contribution in [2.75, 3.05) is 6.54 Å². The van der Waals surface area contributed by atoms with E-state index in [0.717, 1.165) is 25.7 Å². The molecular weight excluding hydrogens is 456 g/mol. The molecule has 7 nitrogen and oxygen atoms in total. The second kappa shape index (κ2) is 10.7. The van der Waals surface area contributed by atoms with E-state index in [9.17, 15) is 19.5 Å². The van der Waals surface area contributed by atoms with Gasteiger partial charge in [-0.2, -0.15) is 0 Å². The molecule has 1 fully saturated rings. The normalized spacial score (nSPS) is 20.4. The van der Waals surface area contributed by atoms with Crippen molar-refractivity contribution in [3.63, 3.8) is 0 Å². The van der Waals surface area contributed by atoms with Crippen molar-refractivity contribution in [3.8, 4) is 5.75 Å². The summed E-state index contributed by atoms with van der Waals surface area (Å²) in [7, 11) is 0. The third kappa shape index (κ3) is 6.07. The number of phenols is 1. The van der Waals surface area contributed by atoms with Crippen LogP contribution in [0.2, 0.25) is 0 Å². The molecule has 192 valence electrons. The predicted octanol–water partition coefficient (Wildman–Crippen LogP) is 5.03. The van der Waals surface area contributed by atoms with Crippen LogP contribution in [0.1, 0.15) is 81.5 Å². The van der Waals surface area contributed by atoms with E-state index < -0.39 is 23.8 Å². The second-order valence-electron chi connectivity index (χ2n) is 10.8. The maximum atomic E-state index is 13.8. The summed E-state index contributed by atoms with van der Waals surface area (Å²) < 4.78 is 5.40. The Hall–Kier alpha value is -3.35. The van der Waals surface area contributed by atoms with E-state index in [-0.39, 0.29) is 23.4 Å². The van der Waals surface area contributed by atoms with Crippen molar-refractivity contribution in [2.24, 2.45) is 0 Å². The van der Waals surface area contributed by atoms with Gasteiger partial charge in [0.05, 0.1) is 6.04 Å². The molecule has 0 bridgehead atoms. The van der Waals surface area contributed by atoms with Gasteiger partial charge in [-0.05, 0) is 87.6 Å². The van der Waals surface area contributed by atoms with Gasteiger partial charge in [-0.1, -0.05) is 36.4 Å². The van der Waals surface area contributed by atoms with E-state index in [0.29, 0.717) is 24.9 Å². The molecule has 1 heterocycles. The summed E-state index contributed by atoms with van der Waals surface area (Å²) in [5, 5.41) is 12.4. The minimum Gasteiger partial charge on any atom is -0.508 e. The van der Waals surface area contributed by atoms with Gasteiger partial charge in [0.25, 0.3) is 5.91 Å². The molecule has 7 heteroatoms. The highest BCUT2D eigenvalue weighted by Gasteiger charge is 2.39. The fourth-order valence-corrected chi connectivity index (χ4v) is 5.36. The number of aromatic hydroxyl groups is 1. The molecule has 1 aliphatic heterocycles. The number of rotatable bonds is 6. The van der Waals surface area contributed by atoms with Crippen LogP contribution in [0.3, 0.4) is 0 Å². The third-order valence-electron chi connectivity index (χ3n) is 6.98. The number of hydrogen-bond acceptors (Lipinski definition) is 5. The highest BCUT2D eigenvalue weighted by atomic mass is 16.6. The van der Waals surface area contributed by atoms with Gasteiger partial charge in [-0.25, -0.2) is 4.79 Å². The van der Waals surface area contributed by atoms with Crippen LogP contribution in [0.5, 0.6) is 5.75 Å². The number of ether oxygens (including phenoxy) is 1. The number of ketones is 1. The first-order valence-electron chi connectivity index (χ1n) is 12.8. The van der Waals surface area contributed by atoms with Crippen LogP contribution in [-0.2, 0) is 20.7 Å². The fraction of sp³-hybridized carbons (Fsp3) is 0.483. The van der Waals surface area contributed by atoms with Crippen LogP contribution in [0.15, 0.2) is 48.5 Å². The lowest BCUT2D eigenvalue weighted by Crippen LogP contribution is -2.48. The number of phenolic OH excluding ortho intramolecular Hbond substituents is 1. The van der Waals surface area contributed by atoms with E-state index >= 15 is 0 Å². The predicted molar refractivity (Wildman–Crippen MR) is 137 cm³/mol. The molecule has 0 saturated carbocycles. The largest absolute Gasteiger partial charge is 0.508 e. The van der Waals surface area contributed by atoms with Crippen LogP contribution in [0, 0.1) is 0 Å². The molecule has 0 spiro atoms. The Balaban J connectivity index is 1.52. The fourth-order valence-electron chi connectivity index (χ4n) is 5.36. The Morgan fingerprint density at radius 1 is 1.06 bits per heavy atom. The minimum absolute atomic E-state index is 0.0595. The maximum absolute atomic E-state index is 13.8. The zero-order valence-electron chi connectivity index (χ0n) is 21.3. The smallest absolute Gasteiger partial charge is 0.408 e.